The highest BCUT2D eigenvalue weighted by Gasteiger charge is 2.29. The number of halogens is 1. The molecule has 1 heterocycles. The number of methoxy groups -OCH3 is 3. The first-order chi connectivity index (χ1) is 15.4. The molecule has 0 aliphatic carbocycles. The topological polar surface area (TPSA) is 77.1 Å². The molecule has 164 valence electrons. The Labute approximate surface area is 190 Å². The lowest BCUT2D eigenvalue weighted by Crippen LogP contribution is -2.42. The van der Waals surface area contributed by atoms with Gasteiger partial charge in [-0.3, -0.25) is 14.5 Å². The third kappa shape index (κ3) is 3.94. The number of rotatable bonds is 5. The van der Waals surface area contributed by atoms with E-state index in [4.69, 9.17) is 25.8 Å². The lowest BCUT2D eigenvalue weighted by Gasteiger charge is -2.30. The summed E-state index contributed by atoms with van der Waals surface area (Å²) in [6.45, 7) is -0.112. The van der Waals surface area contributed by atoms with Gasteiger partial charge in [-0.1, -0.05) is 29.8 Å². The number of hydrogen-bond acceptors (Lipinski definition) is 5. The summed E-state index contributed by atoms with van der Waals surface area (Å²) < 4.78 is 16.0. The van der Waals surface area contributed by atoms with Gasteiger partial charge >= 0.3 is 0 Å². The number of benzene rings is 3. The predicted octanol–water partition coefficient (Wildman–Crippen LogP) is 4.63. The molecule has 0 atom stereocenters. The molecular weight excluding hydrogens is 432 g/mol. The van der Waals surface area contributed by atoms with E-state index in [1.165, 1.54) is 26.2 Å². The quantitative estimate of drug-likeness (QED) is 0.610. The maximum absolute atomic E-state index is 13.4. The standard InChI is InChI=1S/C24H21ClN2O5/c1-30-20-11-16(12-21(31-2)23(20)32-3)24(29)27-13-22(28)26-18-10-15(7-8-19(18)27)14-5-4-6-17(25)9-14/h4-12H,13H2,1-3H3,(H,26,28). The lowest BCUT2D eigenvalue weighted by atomic mass is 10.0. The van der Waals surface area contributed by atoms with Crippen LogP contribution in [-0.4, -0.2) is 39.7 Å². The maximum atomic E-state index is 13.4. The molecule has 0 unspecified atom stereocenters. The van der Waals surface area contributed by atoms with E-state index in [2.05, 4.69) is 5.32 Å². The number of nitrogens with zero attached hydrogens (tertiary/aromatic N) is 1. The summed E-state index contributed by atoms with van der Waals surface area (Å²) in [6, 6.07) is 16.1. The molecule has 1 N–H and O–H groups in total. The van der Waals surface area contributed by atoms with Crippen LogP contribution in [0.4, 0.5) is 11.4 Å². The van der Waals surface area contributed by atoms with E-state index in [0.29, 0.717) is 39.2 Å². The zero-order valence-electron chi connectivity index (χ0n) is 17.8. The molecule has 8 heteroatoms. The zero-order valence-corrected chi connectivity index (χ0v) is 18.5. The molecule has 0 saturated heterocycles. The Morgan fingerprint density at radius 2 is 1.62 bits per heavy atom. The highest BCUT2D eigenvalue weighted by molar-refractivity contribution is 6.30. The first-order valence-electron chi connectivity index (χ1n) is 9.77. The number of amides is 2. The third-order valence-corrected chi connectivity index (χ3v) is 5.41. The van der Waals surface area contributed by atoms with Crippen molar-refractivity contribution in [3.05, 3.63) is 65.2 Å². The Hall–Kier alpha value is -3.71. The number of fused-ring (bicyclic) bond motifs is 1. The first-order valence-corrected chi connectivity index (χ1v) is 10.1. The second kappa shape index (κ2) is 8.80. The number of carbonyl (C=O) groups excluding carboxylic acids is 2. The van der Waals surface area contributed by atoms with Crippen LogP contribution in [0.5, 0.6) is 17.2 Å². The van der Waals surface area contributed by atoms with Gasteiger partial charge in [-0.25, -0.2) is 0 Å². The fourth-order valence-corrected chi connectivity index (χ4v) is 3.87. The Bertz CT molecular complexity index is 1190. The molecule has 0 saturated carbocycles. The Kier molecular flexibility index (Phi) is 5.92. The maximum Gasteiger partial charge on any atom is 0.259 e. The molecule has 3 aromatic rings. The van der Waals surface area contributed by atoms with Gasteiger partial charge < -0.3 is 19.5 Å². The second-order valence-electron chi connectivity index (χ2n) is 7.10. The summed E-state index contributed by atoms with van der Waals surface area (Å²) in [4.78, 5) is 27.3. The third-order valence-electron chi connectivity index (χ3n) is 5.18. The summed E-state index contributed by atoms with van der Waals surface area (Å²) in [6.07, 6.45) is 0. The van der Waals surface area contributed by atoms with Crippen LogP contribution < -0.4 is 24.4 Å². The second-order valence-corrected chi connectivity index (χ2v) is 7.53. The highest BCUT2D eigenvalue weighted by Crippen LogP contribution is 2.40. The molecule has 0 aromatic heterocycles. The van der Waals surface area contributed by atoms with Gasteiger partial charge in [0.2, 0.25) is 11.7 Å². The van der Waals surface area contributed by atoms with Gasteiger partial charge in [0.1, 0.15) is 6.54 Å². The van der Waals surface area contributed by atoms with E-state index in [1.807, 2.05) is 30.3 Å². The summed E-state index contributed by atoms with van der Waals surface area (Å²) in [5, 5.41) is 3.46. The summed E-state index contributed by atoms with van der Waals surface area (Å²) >= 11 is 6.11. The molecule has 32 heavy (non-hydrogen) atoms. The highest BCUT2D eigenvalue weighted by atomic mass is 35.5. The molecule has 7 nitrogen and oxygen atoms in total. The van der Waals surface area contributed by atoms with Gasteiger partial charge in [0.05, 0.1) is 32.7 Å². The van der Waals surface area contributed by atoms with Crippen LogP contribution in [0.3, 0.4) is 0 Å². The molecular formula is C24H21ClN2O5. The SMILES string of the molecule is COc1cc(C(=O)N2CC(=O)Nc3cc(-c4cccc(Cl)c4)ccc32)cc(OC)c1OC. The number of hydrogen-bond donors (Lipinski definition) is 1. The Morgan fingerprint density at radius 3 is 2.25 bits per heavy atom. The summed E-state index contributed by atoms with van der Waals surface area (Å²) in [7, 11) is 4.45. The molecule has 1 aliphatic heterocycles. The van der Waals surface area contributed by atoms with Gasteiger partial charge in [-0.15, -0.1) is 0 Å². The smallest absolute Gasteiger partial charge is 0.259 e. The monoisotopic (exact) mass is 452 g/mol. The summed E-state index contributed by atoms with van der Waals surface area (Å²) in [5.74, 6) is 0.438. The molecule has 4 rings (SSSR count). The van der Waals surface area contributed by atoms with E-state index < -0.39 is 0 Å². The molecule has 1 aliphatic rings. The van der Waals surface area contributed by atoms with Crippen LogP contribution >= 0.6 is 11.6 Å². The van der Waals surface area contributed by atoms with Gasteiger partial charge in [0, 0.05) is 10.6 Å². The van der Waals surface area contributed by atoms with Crippen molar-refractivity contribution in [2.45, 2.75) is 0 Å². The fourth-order valence-electron chi connectivity index (χ4n) is 3.68. The van der Waals surface area contributed by atoms with Crippen molar-refractivity contribution >= 4 is 34.8 Å². The van der Waals surface area contributed by atoms with Crippen molar-refractivity contribution in [2.24, 2.45) is 0 Å². The van der Waals surface area contributed by atoms with Crippen molar-refractivity contribution in [3.8, 4) is 28.4 Å². The average molecular weight is 453 g/mol. The van der Waals surface area contributed by atoms with Crippen molar-refractivity contribution < 1.29 is 23.8 Å². The van der Waals surface area contributed by atoms with Crippen LogP contribution in [0.2, 0.25) is 5.02 Å². The van der Waals surface area contributed by atoms with E-state index in [9.17, 15) is 9.59 Å². The van der Waals surface area contributed by atoms with E-state index in [1.54, 1.807) is 24.3 Å². The van der Waals surface area contributed by atoms with Crippen molar-refractivity contribution in [1.29, 1.82) is 0 Å². The Morgan fingerprint density at radius 1 is 0.938 bits per heavy atom. The molecule has 0 bridgehead atoms. The van der Waals surface area contributed by atoms with E-state index >= 15 is 0 Å². The van der Waals surface area contributed by atoms with Crippen molar-refractivity contribution in [1.82, 2.24) is 0 Å². The van der Waals surface area contributed by atoms with Crippen LogP contribution in [-0.2, 0) is 4.79 Å². The van der Waals surface area contributed by atoms with Gasteiger partial charge in [-0.2, -0.15) is 0 Å². The molecule has 3 aromatic carbocycles. The lowest BCUT2D eigenvalue weighted by molar-refractivity contribution is -0.115. The Balaban J connectivity index is 1.75. The minimum absolute atomic E-state index is 0.112. The molecule has 0 fully saturated rings. The minimum Gasteiger partial charge on any atom is -0.493 e. The van der Waals surface area contributed by atoms with E-state index in [-0.39, 0.29) is 18.4 Å². The fraction of sp³-hybridized carbons (Fsp3) is 0.167. The van der Waals surface area contributed by atoms with Crippen molar-refractivity contribution in [3.63, 3.8) is 0 Å². The minimum atomic E-state index is -0.365. The average Bonchev–Trinajstić information content (AvgIpc) is 2.81. The largest absolute Gasteiger partial charge is 0.493 e. The first kappa shape index (κ1) is 21.5. The molecule has 2 amide bonds. The van der Waals surface area contributed by atoms with Gasteiger partial charge in [0.15, 0.2) is 11.5 Å². The van der Waals surface area contributed by atoms with Crippen LogP contribution in [0.15, 0.2) is 54.6 Å². The molecule has 0 spiro atoms. The van der Waals surface area contributed by atoms with Gasteiger partial charge in [0.25, 0.3) is 5.91 Å². The van der Waals surface area contributed by atoms with Crippen LogP contribution in [0.25, 0.3) is 11.1 Å². The number of carbonyl (C=O) groups is 2. The molecule has 0 radical (unpaired) electrons. The zero-order chi connectivity index (χ0) is 22.8. The summed E-state index contributed by atoms with van der Waals surface area (Å²) in [5.41, 5.74) is 3.21. The van der Waals surface area contributed by atoms with E-state index in [0.717, 1.165) is 11.1 Å². The van der Waals surface area contributed by atoms with Crippen molar-refractivity contribution in [2.75, 3.05) is 38.1 Å². The number of ether oxygens (including phenoxy) is 3. The van der Waals surface area contributed by atoms with Gasteiger partial charge in [-0.05, 0) is 47.5 Å². The number of nitrogens with one attached hydrogen (secondary N) is 1. The number of anilines is 2. The normalized spacial score (nSPS) is 12.6. The van der Waals surface area contributed by atoms with Crippen LogP contribution in [0.1, 0.15) is 10.4 Å². The predicted molar refractivity (Wildman–Crippen MR) is 123 cm³/mol. The van der Waals surface area contributed by atoms with Crippen LogP contribution in [0, 0.1) is 0 Å².